The SMILES string of the molecule is C=CC(=O)OCCCCOc1ccc(C(=O)Oc2ccc(C=Nc3ccc(SC(=O)c4ccc(OCCCCOC(=O)C=C)cc4)cc3C)cc2)cc1. The minimum atomic E-state index is -0.492. The van der Waals surface area contributed by atoms with E-state index in [0.29, 0.717) is 74.1 Å². The average molecular weight is 736 g/mol. The molecule has 4 rings (SSSR count). The van der Waals surface area contributed by atoms with Gasteiger partial charge in [0, 0.05) is 28.8 Å². The Morgan fingerprint density at radius 2 is 1.15 bits per heavy atom. The fraction of sp³-hybridized carbons (Fsp3) is 0.214. The lowest BCUT2D eigenvalue weighted by Gasteiger charge is -2.08. The van der Waals surface area contributed by atoms with Crippen molar-refractivity contribution in [2.24, 2.45) is 4.99 Å². The number of esters is 3. The van der Waals surface area contributed by atoms with Gasteiger partial charge in [-0.1, -0.05) is 13.2 Å². The molecule has 0 aliphatic heterocycles. The van der Waals surface area contributed by atoms with E-state index < -0.39 is 17.9 Å². The van der Waals surface area contributed by atoms with Crippen LogP contribution >= 0.6 is 11.8 Å². The lowest BCUT2D eigenvalue weighted by molar-refractivity contribution is -0.138. The summed E-state index contributed by atoms with van der Waals surface area (Å²) in [6.45, 7) is 10.2. The van der Waals surface area contributed by atoms with Gasteiger partial charge in [-0.3, -0.25) is 9.79 Å². The first-order valence-corrected chi connectivity index (χ1v) is 17.8. The highest BCUT2D eigenvalue weighted by Crippen LogP contribution is 2.29. The molecule has 0 N–H and O–H groups in total. The van der Waals surface area contributed by atoms with Crippen molar-refractivity contribution in [3.63, 3.8) is 0 Å². The van der Waals surface area contributed by atoms with Crippen LogP contribution in [0.3, 0.4) is 0 Å². The van der Waals surface area contributed by atoms with E-state index in [1.54, 1.807) is 79.0 Å². The van der Waals surface area contributed by atoms with Crippen molar-refractivity contribution in [1.29, 1.82) is 0 Å². The van der Waals surface area contributed by atoms with Crippen molar-refractivity contribution >= 4 is 46.7 Å². The average Bonchev–Trinajstić information content (AvgIpc) is 3.17. The van der Waals surface area contributed by atoms with Crippen molar-refractivity contribution < 1.29 is 42.9 Å². The third-order valence-electron chi connectivity index (χ3n) is 7.44. The molecular weight excluding hydrogens is 695 g/mol. The summed E-state index contributed by atoms with van der Waals surface area (Å²) in [7, 11) is 0. The monoisotopic (exact) mass is 735 g/mol. The largest absolute Gasteiger partial charge is 0.494 e. The summed E-state index contributed by atoms with van der Waals surface area (Å²) >= 11 is 1.14. The molecule has 4 aromatic rings. The van der Waals surface area contributed by atoms with E-state index in [2.05, 4.69) is 18.2 Å². The Bertz CT molecular complexity index is 1890. The van der Waals surface area contributed by atoms with Gasteiger partial charge >= 0.3 is 17.9 Å². The van der Waals surface area contributed by atoms with Crippen LogP contribution in [0.5, 0.6) is 17.2 Å². The maximum absolute atomic E-state index is 12.9. The molecular formula is C42H41NO9S. The highest BCUT2D eigenvalue weighted by Gasteiger charge is 2.11. The Balaban J connectivity index is 1.19. The molecule has 0 aliphatic carbocycles. The van der Waals surface area contributed by atoms with Gasteiger partial charge < -0.3 is 23.7 Å². The normalized spacial score (nSPS) is 10.7. The van der Waals surface area contributed by atoms with Crippen LogP contribution in [0.1, 0.15) is 57.5 Å². The van der Waals surface area contributed by atoms with Crippen LogP contribution in [-0.4, -0.2) is 55.7 Å². The van der Waals surface area contributed by atoms with Crippen molar-refractivity contribution in [2.75, 3.05) is 26.4 Å². The van der Waals surface area contributed by atoms with E-state index in [-0.39, 0.29) is 5.12 Å². The van der Waals surface area contributed by atoms with E-state index in [1.165, 1.54) is 0 Å². The zero-order chi connectivity index (χ0) is 37.8. The number of hydrogen-bond donors (Lipinski definition) is 0. The van der Waals surface area contributed by atoms with Crippen molar-refractivity contribution in [2.45, 2.75) is 37.5 Å². The van der Waals surface area contributed by atoms with Gasteiger partial charge in [0.15, 0.2) is 0 Å². The van der Waals surface area contributed by atoms with Gasteiger partial charge in [0.1, 0.15) is 17.2 Å². The number of ether oxygens (including phenoxy) is 5. The predicted molar refractivity (Wildman–Crippen MR) is 205 cm³/mol. The summed E-state index contributed by atoms with van der Waals surface area (Å²) < 4.78 is 26.8. The molecule has 0 fully saturated rings. The van der Waals surface area contributed by atoms with E-state index >= 15 is 0 Å². The number of aryl methyl sites for hydroxylation is 1. The lowest BCUT2D eigenvalue weighted by atomic mass is 10.2. The first kappa shape index (κ1) is 39.8. The van der Waals surface area contributed by atoms with Gasteiger partial charge in [-0.2, -0.15) is 0 Å². The van der Waals surface area contributed by atoms with E-state index in [1.807, 2.05) is 25.1 Å². The van der Waals surface area contributed by atoms with Gasteiger partial charge in [-0.05, 0) is 146 Å². The minimum Gasteiger partial charge on any atom is -0.494 e. The molecule has 0 atom stereocenters. The first-order chi connectivity index (χ1) is 25.7. The number of hydrogen-bond acceptors (Lipinski definition) is 11. The summed E-state index contributed by atoms with van der Waals surface area (Å²) in [6, 6.07) is 26.4. The Morgan fingerprint density at radius 3 is 1.68 bits per heavy atom. The molecule has 0 heterocycles. The predicted octanol–water partition coefficient (Wildman–Crippen LogP) is 8.67. The number of rotatable bonds is 20. The highest BCUT2D eigenvalue weighted by atomic mass is 32.2. The Morgan fingerprint density at radius 1 is 0.642 bits per heavy atom. The van der Waals surface area contributed by atoms with E-state index in [0.717, 1.165) is 52.0 Å². The van der Waals surface area contributed by atoms with E-state index in [4.69, 9.17) is 23.7 Å². The Kier molecular flexibility index (Phi) is 16.1. The van der Waals surface area contributed by atoms with Crippen molar-refractivity contribution in [1.82, 2.24) is 0 Å². The third kappa shape index (κ3) is 14.0. The van der Waals surface area contributed by atoms with Gasteiger partial charge in [-0.25, -0.2) is 14.4 Å². The second-order valence-electron chi connectivity index (χ2n) is 11.5. The number of carbonyl (C=O) groups is 4. The smallest absolute Gasteiger partial charge is 0.343 e. The second kappa shape index (κ2) is 21.4. The molecule has 0 saturated heterocycles. The maximum Gasteiger partial charge on any atom is 0.343 e. The molecule has 0 spiro atoms. The molecule has 0 bridgehead atoms. The number of nitrogens with zero attached hydrogens (tertiary/aromatic N) is 1. The van der Waals surface area contributed by atoms with Crippen LogP contribution < -0.4 is 14.2 Å². The molecule has 11 heteroatoms. The van der Waals surface area contributed by atoms with Crippen LogP contribution in [0.25, 0.3) is 0 Å². The Hall–Kier alpha value is -5.94. The lowest BCUT2D eigenvalue weighted by Crippen LogP contribution is -2.08. The maximum atomic E-state index is 12.9. The van der Waals surface area contributed by atoms with Gasteiger partial charge in [0.2, 0.25) is 5.12 Å². The summed E-state index contributed by atoms with van der Waals surface area (Å²) in [5.41, 5.74) is 3.44. The molecule has 0 unspecified atom stereocenters. The molecule has 0 amide bonds. The molecule has 53 heavy (non-hydrogen) atoms. The van der Waals surface area contributed by atoms with Crippen LogP contribution in [0, 0.1) is 6.92 Å². The standard InChI is InChI=1S/C42H41NO9S/c1-4-39(44)50-26-8-6-24-48-34-18-12-32(13-19-34)41(46)52-36-16-10-31(11-17-36)29-43-38-23-22-37(28-30(38)3)53-42(47)33-14-20-35(21-15-33)49-25-7-9-27-51-40(45)5-2/h4-5,10-23,28-29H,1-2,6-9,24-27H2,3H3. The van der Waals surface area contributed by atoms with Gasteiger partial charge in [0.25, 0.3) is 0 Å². The number of unbranched alkanes of at least 4 members (excludes halogenated alkanes) is 2. The summed E-state index contributed by atoms with van der Waals surface area (Å²) in [6.07, 6.45) is 6.77. The quantitative estimate of drug-likeness (QED) is 0.0217. The number of thioether (sulfide) groups is 1. The van der Waals surface area contributed by atoms with Crippen LogP contribution in [0.4, 0.5) is 5.69 Å². The van der Waals surface area contributed by atoms with Gasteiger partial charge in [-0.15, -0.1) is 0 Å². The third-order valence-corrected chi connectivity index (χ3v) is 8.35. The number of aliphatic imine (C=N–C) groups is 1. The zero-order valence-electron chi connectivity index (χ0n) is 29.5. The molecule has 0 aliphatic rings. The van der Waals surface area contributed by atoms with Crippen LogP contribution in [0.15, 0.2) is 126 Å². The molecule has 0 aromatic heterocycles. The summed E-state index contributed by atoms with van der Waals surface area (Å²) in [5, 5.41) is -0.0861. The minimum absolute atomic E-state index is 0.0861. The van der Waals surface area contributed by atoms with Crippen molar-refractivity contribution in [3.05, 3.63) is 139 Å². The second-order valence-corrected chi connectivity index (χ2v) is 12.5. The first-order valence-electron chi connectivity index (χ1n) is 17.0. The fourth-order valence-electron chi connectivity index (χ4n) is 4.56. The zero-order valence-corrected chi connectivity index (χ0v) is 30.3. The van der Waals surface area contributed by atoms with Crippen molar-refractivity contribution in [3.8, 4) is 17.2 Å². The molecule has 4 aromatic carbocycles. The number of carbonyl (C=O) groups excluding carboxylic acids is 4. The Labute approximate surface area is 313 Å². The molecule has 274 valence electrons. The fourth-order valence-corrected chi connectivity index (χ4v) is 5.40. The topological polar surface area (TPSA) is 127 Å². The summed E-state index contributed by atoms with van der Waals surface area (Å²) in [4.78, 5) is 53.1. The van der Waals surface area contributed by atoms with Crippen LogP contribution in [0.2, 0.25) is 0 Å². The van der Waals surface area contributed by atoms with Gasteiger partial charge in [0.05, 0.1) is 37.7 Å². The molecule has 0 radical (unpaired) electrons. The highest BCUT2D eigenvalue weighted by molar-refractivity contribution is 8.14. The summed E-state index contributed by atoms with van der Waals surface area (Å²) in [5.74, 6) is 0.309. The molecule has 0 saturated carbocycles. The van der Waals surface area contributed by atoms with E-state index in [9.17, 15) is 19.2 Å². The van der Waals surface area contributed by atoms with Crippen LogP contribution in [-0.2, 0) is 19.1 Å². The molecule has 10 nitrogen and oxygen atoms in total. The number of benzene rings is 4.